The molecule has 0 fully saturated rings. The molecule has 7 nitrogen and oxygen atoms in total. The van der Waals surface area contributed by atoms with Gasteiger partial charge in [-0.15, -0.1) is 5.10 Å². The minimum atomic E-state index is -1.10. The summed E-state index contributed by atoms with van der Waals surface area (Å²) < 4.78 is 6.73. The number of carbonyl (C=O) groups is 1. The highest BCUT2D eigenvalue weighted by Crippen LogP contribution is 2.33. The standard InChI is InChI=1S/C18H12N4O3/c23-18(24)16-11-20-21-22(16)13-6-7-14(12-4-2-1-3-5-12)15(10-13)17-19-8-9-25-17/h1-11H,(H,23,24). The minimum Gasteiger partial charge on any atom is -0.476 e. The molecule has 0 aliphatic rings. The summed E-state index contributed by atoms with van der Waals surface area (Å²) in [6, 6.07) is 15.3. The van der Waals surface area contributed by atoms with Crippen molar-refractivity contribution < 1.29 is 14.3 Å². The van der Waals surface area contributed by atoms with Gasteiger partial charge in [-0.2, -0.15) is 0 Å². The highest BCUT2D eigenvalue weighted by molar-refractivity contribution is 5.86. The molecule has 0 saturated carbocycles. The average molecular weight is 332 g/mol. The molecule has 0 aliphatic heterocycles. The van der Waals surface area contributed by atoms with Crippen LogP contribution in [0.5, 0.6) is 0 Å². The summed E-state index contributed by atoms with van der Waals surface area (Å²) in [7, 11) is 0. The number of benzene rings is 2. The smallest absolute Gasteiger partial charge is 0.356 e. The molecule has 0 aliphatic carbocycles. The Kier molecular flexibility index (Phi) is 3.59. The molecule has 122 valence electrons. The maximum atomic E-state index is 11.3. The molecule has 0 spiro atoms. The Morgan fingerprint density at radius 2 is 1.92 bits per heavy atom. The van der Waals surface area contributed by atoms with Gasteiger partial charge in [0.15, 0.2) is 5.69 Å². The normalized spacial score (nSPS) is 10.7. The largest absolute Gasteiger partial charge is 0.476 e. The molecule has 7 heteroatoms. The zero-order valence-electron chi connectivity index (χ0n) is 12.9. The average Bonchev–Trinajstić information content (AvgIpc) is 3.34. The van der Waals surface area contributed by atoms with Crippen molar-refractivity contribution in [2.45, 2.75) is 0 Å². The zero-order valence-corrected chi connectivity index (χ0v) is 12.9. The molecule has 2 heterocycles. The quantitative estimate of drug-likeness (QED) is 0.616. The Bertz CT molecular complexity index is 1020. The fourth-order valence-electron chi connectivity index (χ4n) is 2.64. The van der Waals surface area contributed by atoms with E-state index in [4.69, 9.17) is 4.42 Å². The van der Waals surface area contributed by atoms with Crippen molar-refractivity contribution in [2.24, 2.45) is 0 Å². The summed E-state index contributed by atoms with van der Waals surface area (Å²) >= 11 is 0. The first kappa shape index (κ1) is 14.8. The number of hydrogen-bond acceptors (Lipinski definition) is 5. The lowest BCUT2D eigenvalue weighted by atomic mass is 9.99. The Morgan fingerprint density at radius 1 is 1.08 bits per heavy atom. The van der Waals surface area contributed by atoms with E-state index in [1.54, 1.807) is 18.3 Å². The Balaban J connectivity index is 1.92. The van der Waals surface area contributed by atoms with Crippen molar-refractivity contribution >= 4 is 5.97 Å². The number of rotatable bonds is 4. The molecular formula is C18H12N4O3. The monoisotopic (exact) mass is 332 g/mol. The van der Waals surface area contributed by atoms with E-state index in [9.17, 15) is 9.90 Å². The molecular weight excluding hydrogens is 320 g/mol. The highest BCUT2D eigenvalue weighted by Gasteiger charge is 2.17. The van der Waals surface area contributed by atoms with Gasteiger partial charge in [0, 0.05) is 5.56 Å². The predicted octanol–water partition coefficient (Wildman–Crippen LogP) is 3.29. The number of aromatic carboxylic acids is 1. The van der Waals surface area contributed by atoms with Crippen molar-refractivity contribution in [2.75, 3.05) is 0 Å². The van der Waals surface area contributed by atoms with Crippen LogP contribution < -0.4 is 0 Å². The van der Waals surface area contributed by atoms with Crippen LogP contribution in [0.25, 0.3) is 28.3 Å². The van der Waals surface area contributed by atoms with Gasteiger partial charge in [-0.3, -0.25) is 0 Å². The molecule has 4 rings (SSSR count). The third kappa shape index (κ3) is 2.67. The van der Waals surface area contributed by atoms with E-state index in [2.05, 4.69) is 15.3 Å². The molecule has 2 aromatic heterocycles. The van der Waals surface area contributed by atoms with E-state index in [0.29, 0.717) is 11.6 Å². The van der Waals surface area contributed by atoms with Gasteiger partial charge in [-0.1, -0.05) is 41.6 Å². The number of oxazole rings is 1. The van der Waals surface area contributed by atoms with Crippen LogP contribution in [0.1, 0.15) is 10.5 Å². The maximum absolute atomic E-state index is 11.3. The fraction of sp³-hybridized carbons (Fsp3) is 0. The lowest BCUT2D eigenvalue weighted by molar-refractivity contribution is 0.0687. The van der Waals surface area contributed by atoms with Crippen LogP contribution >= 0.6 is 0 Å². The Morgan fingerprint density at radius 3 is 2.64 bits per heavy atom. The van der Waals surface area contributed by atoms with Gasteiger partial charge >= 0.3 is 5.97 Å². The van der Waals surface area contributed by atoms with Gasteiger partial charge in [0.2, 0.25) is 5.89 Å². The van der Waals surface area contributed by atoms with Crippen molar-refractivity contribution in [1.82, 2.24) is 20.0 Å². The molecule has 0 radical (unpaired) electrons. The first-order valence-electron chi connectivity index (χ1n) is 7.48. The van der Waals surface area contributed by atoms with E-state index in [1.807, 2.05) is 36.4 Å². The SMILES string of the molecule is O=C(O)c1cnnn1-c1ccc(-c2ccccc2)c(-c2ncco2)c1. The zero-order chi connectivity index (χ0) is 17.2. The number of aromatic nitrogens is 4. The first-order chi connectivity index (χ1) is 12.2. The van der Waals surface area contributed by atoms with Gasteiger partial charge in [0.25, 0.3) is 0 Å². The van der Waals surface area contributed by atoms with E-state index in [0.717, 1.165) is 16.7 Å². The number of carboxylic acid groups (broad SMARTS) is 1. The van der Waals surface area contributed by atoms with Crippen LogP contribution in [-0.4, -0.2) is 31.1 Å². The van der Waals surface area contributed by atoms with Crippen LogP contribution in [0.4, 0.5) is 0 Å². The topological polar surface area (TPSA) is 94.0 Å². The van der Waals surface area contributed by atoms with E-state index >= 15 is 0 Å². The van der Waals surface area contributed by atoms with E-state index < -0.39 is 5.97 Å². The molecule has 0 amide bonds. The second kappa shape index (κ2) is 6.04. The molecule has 0 bridgehead atoms. The number of nitrogens with zero attached hydrogens (tertiary/aromatic N) is 4. The van der Waals surface area contributed by atoms with Gasteiger partial charge < -0.3 is 9.52 Å². The van der Waals surface area contributed by atoms with Gasteiger partial charge in [-0.05, 0) is 23.3 Å². The van der Waals surface area contributed by atoms with Crippen LogP contribution in [0.3, 0.4) is 0 Å². The lowest BCUT2D eigenvalue weighted by Crippen LogP contribution is -2.08. The summed E-state index contributed by atoms with van der Waals surface area (Å²) in [4.78, 5) is 15.6. The van der Waals surface area contributed by atoms with E-state index in [1.165, 1.54) is 17.1 Å². The predicted molar refractivity (Wildman–Crippen MR) is 89.3 cm³/mol. The molecule has 2 aromatic carbocycles. The highest BCUT2D eigenvalue weighted by atomic mass is 16.4. The van der Waals surface area contributed by atoms with Crippen molar-refractivity contribution in [3.8, 4) is 28.3 Å². The lowest BCUT2D eigenvalue weighted by Gasteiger charge is -2.10. The summed E-state index contributed by atoms with van der Waals surface area (Å²) in [5, 5.41) is 16.8. The van der Waals surface area contributed by atoms with Gasteiger partial charge in [0.1, 0.15) is 6.26 Å². The third-order valence-corrected chi connectivity index (χ3v) is 3.76. The van der Waals surface area contributed by atoms with Gasteiger partial charge in [-0.25, -0.2) is 14.5 Å². The third-order valence-electron chi connectivity index (χ3n) is 3.76. The second-order valence-electron chi connectivity index (χ2n) is 5.27. The molecule has 0 saturated heterocycles. The summed E-state index contributed by atoms with van der Waals surface area (Å²) in [5.74, 6) is -0.660. The molecule has 1 N–H and O–H groups in total. The van der Waals surface area contributed by atoms with Crippen molar-refractivity contribution in [3.05, 3.63) is 72.9 Å². The second-order valence-corrected chi connectivity index (χ2v) is 5.27. The van der Waals surface area contributed by atoms with Crippen molar-refractivity contribution in [1.29, 1.82) is 0 Å². The maximum Gasteiger partial charge on any atom is 0.356 e. The van der Waals surface area contributed by atoms with Crippen molar-refractivity contribution in [3.63, 3.8) is 0 Å². The van der Waals surface area contributed by atoms with Crippen LogP contribution in [0, 0.1) is 0 Å². The van der Waals surface area contributed by atoms with Gasteiger partial charge in [0.05, 0.1) is 18.1 Å². The van der Waals surface area contributed by atoms with Crippen LogP contribution in [0.15, 0.2) is 71.6 Å². The molecule has 4 aromatic rings. The number of hydrogen-bond donors (Lipinski definition) is 1. The van der Waals surface area contributed by atoms with E-state index in [-0.39, 0.29) is 5.69 Å². The molecule has 0 unspecified atom stereocenters. The van der Waals surface area contributed by atoms with Crippen LogP contribution in [0.2, 0.25) is 0 Å². The summed E-state index contributed by atoms with van der Waals surface area (Å²) in [6.45, 7) is 0. The molecule has 0 atom stereocenters. The van der Waals surface area contributed by atoms with Crippen LogP contribution in [-0.2, 0) is 0 Å². The summed E-state index contributed by atoms with van der Waals surface area (Å²) in [5.41, 5.74) is 3.19. The minimum absolute atomic E-state index is 0.0224. The summed E-state index contributed by atoms with van der Waals surface area (Å²) in [6.07, 6.45) is 4.27. The fourth-order valence-corrected chi connectivity index (χ4v) is 2.64. The number of carboxylic acids is 1. The molecule has 25 heavy (non-hydrogen) atoms. The Labute approximate surface area is 142 Å². The Hall–Kier alpha value is -3.74. The first-order valence-corrected chi connectivity index (χ1v) is 7.48.